The van der Waals surface area contributed by atoms with Gasteiger partial charge in [0.1, 0.15) is 18.0 Å². The molecule has 0 atom stereocenters. The molecule has 2 N–H and O–H groups in total. The molecule has 0 saturated carbocycles. The van der Waals surface area contributed by atoms with Gasteiger partial charge < -0.3 is 10.6 Å². The lowest BCUT2D eigenvalue weighted by Crippen LogP contribution is -2.37. The van der Waals surface area contributed by atoms with Gasteiger partial charge in [0.05, 0.1) is 18.1 Å². The summed E-state index contributed by atoms with van der Waals surface area (Å²) < 4.78 is 14.8. The molecule has 1 aromatic heterocycles. The molecule has 1 heterocycles. The number of hydrogen-bond acceptors (Lipinski definition) is 3. The van der Waals surface area contributed by atoms with E-state index in [9.17, 15) is 4.39 Å². The smallest absolute Gasteiger partial charge is 0.191 e. The highest BCUT2D eigenvalue weighted by Crippen LogP contribution is 2.16. The summed E-state index contributed by atoms with van der Waals surface area (Å²) in [6.07, 6.45) is 1.50. The Hall–Kier alpha value is -2.15. The van der Waals surface area contributed by atoms with Gasteiger partial charge in [0.2, 0.25) is 0 Å². The fourth-order valence-corrected chi connectivity index (χ4v) is 2.00. The number of nitrogens with zero attached hydrogens (tertiary/aromatic N) is 4. The lowest BCUT2D eigenvalue weighted by Gasteiger charge is -2.11. The molecule has 0 aliphatic heterocycles. The molecule has 6 nitrogen and oxygen atoms in total. The van der Waals surface area contributed by atoms with Crippen molar-refractivity contribution in [3.8, 4) is 0 Å². The minimum atomic E-state index is -0.429. The molecule has 0 bridgehead atoms. The summed E-state index contributed by atoms with van der Waals surface area (Å²) in [6.45, 7) is 3.61. The van der Waals surface area contributed by atoms with Crippen molar-refractivity contribution in [3.63, 3.8) is 0 Å². The molecule has 0 fully saturated rings. The number of nitrogens with one attached hydrogen (secondary N) is 2. The van der Waals surface area contributed by atoms with Crippen molar-refractivity contribution in [1.29, 1.82) is 0 Å². The second-order valence-corrected chi connectivity index (χ2v) is 5.00. The highest BCUT2D eigenvalue weighted by molar-refractivity contribution is 6.30. The summed E-state index contributed by atoms with van der Waals surface area (Å²) in [6, 6.07) is 4.58. The summed E-state index contributed by atoms with van der Waals surface area (Å²) in [5, 5.41) is 10.4. The average Bonchev–Trinajstić information content (AvgIpc) is 2.91. The molecule has 2 rings (SSSR count). The minimum absolute atomic E-state index is 0.102. The first kappa shape index (κ1) is 16.2. The molecule has 8 heteroatoms. The van der Waals surface area contributed by atoms with Crippen LogP contribution in [-0.2, 0) is 20.1 Å². The number of halogens is 2. The Bertz CT molecular complexity index is 655. The van der Waals surface area contributed by atoms with Crippen molar-refractivity contribution in [2.45, 2.75) is 20.0 Å². The molecule has 0 spiro atoms. The van der Waals surface area contributed by atoms with Gasteiger partial charge in [-0.1, -0.05) is 17.7 Å². The maximum Gasteiger partial charge on any atom is 0.191 e. The predicted molar refractivity (Wildman–Crippen MR) is 84.1 cm³/mol. The van der Waals surface area contributed by atoms with E-state index >= 15 is 0 Å². The van der Waals surface area contributed by atoms with Crippen molar-refractivity contribution in [2.24, 2.45) is 12.0 Å². The van der Waals surface area contributed by atoms with E-state index in [-0.39, 0.29) is 5.02 Å². The second-order valence-electron chi connectivity index (χ2n) is 4.60. The predicted octanol–water partition coefficient (Wildman–Crippen LogP) is 1.86. The zero-order valence-corrected chi connectivity index (χ0v) is 13.2. The van der Waals surface area contributed by atoms with Gasteiger partial charge in [0.15, 0.2) is 5.96 Å². The number of aromatic nitrogens is 3. The third-order valence-electron chi connectivity index (χ3n) is 2.97. The van der Waals surface area contributed by atoms with E-state index in [1.807, 2.05) is 14.0 Å². The van der Waals surface area contributed by atoms with Crippen molar-refractivity contribution in [3.05, 3.63) is 46.8 Å². The fourth-order valence-electron chi connectivity index (χ4n) is 1.79. The van der Waals surface area contributed by atoms with E-state index < -0.39 is 5.82 Å². The quantitative estimate of drug-likeness (QED) is 0.651. The molecule has 0 saturated heterocycles. The molecule has 0 aliphatic carbocycles. The van der Waals surface area contributed by atoms with E-state index in [0.29, 0.717) is 19.0 Å². The molecule has 118 valence electrons. The maximum absolute atomic E-state index is 13.1. The molecule has 2 aromatic rings. The Morgan fingerprint density at radius 2 is 2.23 bits per heavy atom. The summed E-state index contributed by atoms with van der Waals surface area (Å²) in [5.41, 5.74) is 0.835. The van der Waals surface area contributed by atoms with Crippen molar-refractivity contribution in [2.75, 3.05) is 6.54 Å². The maximum atomic E-state index is 13.1. The number of aliphatic imine (C=N–C) groups is 1. The summed E-state index contributed by atoms with van der Waals surface area (Å²) in [5.74, 6) is 1.02. The van der Waals surface area contributed by atoms with Gasteiger partial charge in [-0.2, -0.15) is 5.10 Å². The van der Waals surface area contributed by atoms with Gasteiger partial charge in [-0.15, -0.1) is 0 Å². The molecule has 0 amide bonds. The monoisotopic (exact) mass is 324 g/mol. The van der Waals surface area contributed by atoms with Crippen LogP contribution in [0.4, 0.5) is 4.39 Å². The molecule has 22 heavy (non-hydrogen) atoms. The third kappa shape index (κ3) is 4.42. The normalized spacial score (nSPS) is 11.5. The SMILES string of the molecule is CCNC(=NCc1ccc(F)c(Cl)c1)NCc1ncnn1C. The number of aryl methyl sites for hydroxylation is 1. The topological polar surface area (TPSA) is 67.1 Å². The van der Waals surface area contributed by atoms with Crippen LogP contribution in [0, 0.1) is 5.82 Å². The van der Waals surface area contributed by atoms with Gasteiger partial charge in [-0.3, -0.25) is 4.68 Å². The zero-order chi connectivity index (χ0) is 15.9. The first-order valence-electron chi connectivity index (χ1n) is 6.89. The Balaban J connectivity index is 2.00. The van der Waals surface area contributed by atoms with Crippen molar-refractivity contribution in [1.82, 2.24) is 25.4 Å². The number of hydrogen-bond donors (Lipinski definition) is 2. The Kier molecular flexibility index (Phi) is 5.71. The fraction of sp³-hybridized carbons (Fsp3) is 0.357. The van der Waals surface area contributed by atoms with E-state index in [0.717, 1.165) is 17.9 Å². The largest absolute Gasteiger partial charge is 0.357 e. The van der Waals surface area contributed by atoms with Crippen LogP contribution in [0.2, 0.25) is 5.02 Å². The van der Waals surface area contributed by atoms with Crippen LogP contribution in [0.25, 0.3) is 0 Å². The van der Waals surface area contributed by atoms with Gasteiger partial charge >= 0.3 is 0 Å². The van der Waals surface area contributed by atoms with Crippen LogP contribution in [0.5, 0.6) is 0 Å². The lowest BCUT2D eigenvalue weighted by molar-refractivity contribution is 0.627. The minimum Gasteiger partial charge on any atom is -0.357 e. The first-order valence-corrected chi connectivity index (χ1v) is 7.27. The highest BCUT2D eigenvalue weighted by Gasteiger charge is 2.04. The highest BCUT2D eigenvalue weighted by atomic mass is 35.5. The standard InChI is InChI=1S/C14H18ClFN6/c1-3-17-14(19-8-13-20-9-21-22(13)2)18-7-10-4-5-12(16)11(15)6-10/h4-6,9H,3,7-8H2,1-2H3,(H2,17,18,19). The van der Waals surface area contributed by atoms with Crippen LogP contribution < -0.4 is 10.6 Å². The molecule has 0 radical (unpaired) electrons. The second kappa shape index (κ2) is 7.74. The van der Waals surface area contributed by atoms with Crippen molar-refractivity contribution < 1.29 is 4.39 Å². The Labute approximate surface area is 133 Å². The molecule has 1 aromatic carbocycles. The van der Waals surface area contributed by atoms with Crippen LogP contribution in [-0.4, -0.2) is 27.3 Å². The van der Waals surface area contributed by atoms with Crippen LogP contribution in [0.15, 0.2) is 29.5 Å². The van der Waals surface area contributed by atoms with Gasteiger partial charge in [-0.05, 0) is 24.6 Å². The van der Waals surface area contributed by atoms with Crippen LogP contribution >= 0.6 is 11.6 Å². The lowest BCUT2D eigenvalue weighted by atomic mass is 10.2. The number of rotatable bonds is 5. The van der Waals surface area contributed by atoms with Crippen LogP contribution in [0.3, 0.4) is 0 Å². The Morgan fingerprint density at radius 1 is 1.41 bits per heavy atom. The summed E-state index contributed by atoms with van der Waals surface area (Å²) in [7, 11) is 1.83. The Morgan fingerprint density at radius 3 is 2.86 bits per heavy atom. The molecular weight excluding hydrogens is 307 g/mol. The third-order valence-corrected chi connectivity index (χ3v) is 3.26. The molecule has 0 unspecified atom stereocenters. The summed E-state index contributed by atoms with van der Waals surface area (Å²) in [4.78, 5) is 8.57. The first-order chi connectivity index (χ1) is 10.6. The molecular formula is C14H18ClFN6. The number of guanidine groups is 1. The summed E-state index contributed by atoms with van der Waals surface area (Å²) >= 11 is 5.76. The number of benzene rings is 1. The molecule has 0 aliphatic rings. The van der Waals surface area contributed by atoms with E-state index in [1.165, 1.54) is 12.4 Å². The average molecular weight is 325 g/mol. The van der Waals surface area contributed by atoms with E-state index in [2.05, 4.69) is 25.7 Å². The van der Waals surface area contributed by atoms with E-state index in [1.54, 1.807) is 16.8 Å². The van der Waals surface area contributed by atoms with Crippen LogP contribution in [0.1, 0.15) is 18.3 Å². The van der Waals surface area contributed by atoms with E-state index in [4.69, 9.17) is 11.6 Å². The van der Waals surface area contributed by atoms with Gasteiger partial charge in [0, 0.05) is 13.6 Å². The zero-order valence-electron chi connectivity index (χ0n) is 12.5. The van der Waals surface area contributed by atoms with Crippen molar-refractivity contribution >= 4 is 17.6 Å². The van der Waals surface area contributed by atoms with Gasteiger partial charge in [-0.25, -0.2) is 14.4 Å². The van der Waals surface area contributed by atoms with Gasteiger partial charge in [0.25, 0.3) is 0 Å².